The summed E-state index contributed by atoms with van der Waals surface area (Å²) in [5.41, 5.74) is 0.725. The number of thiophene rings is 1. The molecule has 1 aliphatic carbocycles. The molecular formula is C14H19F3N2OS. The summed E-state index contributed by atoms with van der Waals surface area (Å²) >= 11 is 1.41. The highest BCUT2D eigenvalue weighted by Crippen LogP contribution is 2.21. The van der Waals surface area contributed by atoms with Gasteiger partial charge in [-0.25, -0.2) is 4.79 Å². The first-order valence-corrected chi connectivity index (χ1v) is 8.01. The fourth-order valence-corrected chi connectivity index (χ4v) is 3.19. The quantitative estimate of drug-likeness (QED) is 0.888. The SMILES string of the molecule is O=C(NC1CCCCC1)N(Cc1ccsc1)CC(F)(F)F. The number of urea groups is 1. The molecule has 0 aliphatic heterocycles. The van der Waals surface area contributed by atoms with E-state index >= 15 is 0 Å². The fraction of sp³-hybridized carbons (Fsp3) is 0.643. The summed E-state index contributed by atoms with van der Waals surface area (Å²) in [6.07, 6.45) is 0.491. The van der Waals surface area contributed by atoms with E-state index in [0.717, 1.165) is 42.6 Å². The molecule has 0 spiro atoms. The number of carbonyl (C=O) groups is 1. The van der Waals surface area contributed by atoms with Crippen molar-refractivity contribution in [2.24, 2.45) is 0 Å². The van der Waals surface area contributed by atoms with E-state index in [-0.39, 0.29) is 12.6 Å². The zero-order valence-corrected chi connectivity index (χ0v) is 12.5. The van der Waals surface area contributed by atoms with Gasteiger partial charge in [0.25, 0.3) is 0 Å². The first kappa shape index (κ1) is 16.1. The number of alkyl halides is 3. The molecule has 0 radical (unpaired) electrons. The molecule has 1 heterocycles. The van der Waals surface area contributed by atoms with Crippen molar-refractivity contribution in [3.05, 3.63) is 22.4 Å². The van der Waals surface area contributed by atoms with Crippen molar-refractivity contribution in [3.63, 3.8) is 0 Å². The van der Waals surface area contributed by atoms with E-state index in [1.807, 2.05) is 0 Å². The van der Waals surface area contributed by atoms with Crippen molar-refractivity contribution in [2.45, 2.75) is 50.9 Å². The summed E-state index contributed by atoms with van der Waals surface area (Å²) in [6, 6.07) is 1.12. The Labute approximate surface area is 126 Å². The van der Waals surface area contributed by atoms with Crippen LogP contribution in [0.5, 0.6) is 0 Å². The van der Waals surface area contributed by atoms with Crippen LogP contribution < -0.4 is 5.32 Å². The zero-order chi connectivity index (χ0) is 15.3. The lowest BCUT2D eigenvalue weighted by Crippen LogP contribution is -2.48. The Morgan fingerprint density at radius 1 is 1.33 bits per heavy atom. The normalized spacial score (nSPS) is 16.7. The Kier molecular flexibility index (Phi) is 5.50. The third-order valence-electron chi connectivity index (χ3n) is 3.54. The van der Waals surface area contributed by atoms with Crippen LogP contribution in [-0.4, -0.2) is 29.7 Å². The van der Waals surface area contributed by atoms with Crippen molar-refractivity contribution >= 4 is 17.4 Å². The van der Waals surface area contributed by atoms with Gasteiger partial charge in [0, 0.05) is 12.6 Å². The second-order valence-corrected chi connectivity index (χ2v) is 6.17. The van der Waals surface area contributed by atoms with Gasteiger partial charge < -0.3 is 10.2 Å². The van der Waals surface area contributed by atoms with E-state index in [1.54, 1.807) is 16.8 Å². The predicted octanol–water partition coefficient (Wildman–Crippen LogP) is 4.15. The summed E-state index contributed by atoms with van der Waals surface area (Å²) in [6.45, 7) is -1.23. The maximum absolute atomic E-state index is 12.7. The van der Waals surface area contributed by atoms with Crippen molar-refractivity contribution in [2.75, 3.05) is 6.54 Å². The Bertz CT molecular complexity index is 442. The molecule has 0 bridgehead atoms. The molecule has 7 heteroatoms. The van der Waals surface area contributed by atoms with E-state index in [2.05, 4.69) is 5.32 Å². The van der Waals surface area contributed by atoms with Gasteiger partial charge in [-0.1, -0.05) is 19.3 Å². The molecule has 2 amide bonds. The van der Waals surface area contributed by atoms with Crippen LogP contribution in [0.15, 0.2) is 16.8 Å². The second-order valence-electron chi connectivity index (χ2n) is 5.39. The second kappa shape index (κ2) is 7.15. The van der Waals surface area contributed by atoms with E-state index in [1.165, 1.54) is 11.3 Å². The Balaban J connectivity index is 1.97. The van der Waals surface area contributed by atoms with Crippen LogP contribution in [0.2, 0.25) is 0 Å². The Hall–Kier alpha value is -1.24. The molecule has 1 aromatic heterocycles. The van der Waals surface area contributed by atoms with E-state index < -0.39 is 18.8 Å². The average molecular weight is 320 g/mol. The highest BCUT2D eigenvalue weighted by molar-refractivity contribution is 7.07. The summed E-state index contributed by atoms with van der Waals surface area (Å²) in [4.78, 5) is 13.0. The molecule has 1 N–H and O–H groups in total. The molecule has 21 heavy (non-hydrogen) atoms. The molecule has 0 atom stereocenters. The first-order chi connectivity index (χ1) is 9.94. The molecule has 3 nitrogen and oxygen atoms in total. The molecule has 0 unspecified atom stereocenters. The Morgan fingerprint density at radius 3 is 2.62 bits per heavy atom. The number of halogens is 3. The molecule has 1 aromatic rings. The predicted molar refractivity (Wildman–Crippen MR) is 76.2 cm³/mol. The van der Waals surface area contributed by atoms with Crippen LogP contribution in [0, 0.1) is 0 Å². The molecular weight excluding hydrogens is 301 g/mol. The number of hydrogen-bond acceptors (Lipinski definition) is 2. The molecule has 1 aliphatic rings. The van der Waals surface area contributed by atoms with Crippen molar-refractivity contribution in [1.82, 2.24) is 10.2 Å². The minimum atomic E-state index is -4.39. The lowest BCUT2D eigenvalue weighted by atomic mass is 9.96. The van der Waals surface area contributed by atoms with Crippen LogP contribution in [0.3, 0.4) is 0 Å². The fourth-order valence-electron chi connectivity index (χ4n) is 2.53. The lowest BCUT2D eigenvalue weighted by Gasteiger charge is -2.28. The minimum absolute atomic E-state index is 0.00413. The zero-order valence-electron chi connectivity index (χ0n) is 11.7. The van der Waals surface area contributed by atoms with Crippen LogP contribution in [0.25, 0.3) is 0 Å². The van der Waals surface area contributed by atoms with Gasteiger partial charge in [-0.15, -0.1) is 0 Å². The number of nitrogens with zero attached hydrogens (tertiary/aromatic N) is 1. The number of amides is 2. The number of carbonyl (C=O) groups excluding carboxylic acids is 1. The topological polar surface area (TPSA) is 32.3 Å². The smallest absolute Gasteiger partial charge is 0.335 e. The van der Waals surface area contributed by atoms with Crippen LogP contribution in [-0.2, 0) is 6.54 Å². The van der Waals surface area contributed by atoms with E-state index in [9.17, 15) is 18.0 Å². The van der Waals surface area contributed by atoms with Gasteiger partial charge in [-0.05, 0) is 35.2 Å². The van der Waals surface area contributed by atoms with Crippen LogP contribution in [0.1, 0.15) is 37.7 Å². The molecule has 118 valence electrons. The van der Waals surface area contributed by atoms with E-state index in [0.29, 0.717) is 0 Å². The monoisotopic (exact) mass is 320 g/mol. The van der Waals surface area contributed by atoms with Gasteiger partial charge in [-0.2, -0.15) is 24.5 Å². The van der Waals surface area contributed by atoms with Gasteiger partial charge in [0.1, 0.15) is 6.54 Å². The highest BCUT2D eigenvalue weighted by Gasteiger charge is 2.33. The van der Waals surface area contributed by atoms with Crippen molar-refractivity contribution in [1.29, 1.82) is 0 Å². The largest absolute Gasteiger partial charge is 0.406 e. The summed E-state index contributed by atoms with van der Waals surface area (Å²) in [5.74, 6) is 0. The van der Waals surface area contributed by atoms with Crippen LogP contribution >= 0.6 is 11.3 Å². The third-order valence-corrected chi connectivity index (χ3v) is 4.28. The molecule has 0 saturated heterocycles. The third kappa shape index (κ3) is 5.57. The van der Waals surface area contributed by atoms with Gasteiger partial charge in [0.05, 0.1) is 0 Å². The molecule has 2 rings (SSSR count). The number of rotatable bonds is 4. The number of nitrogens with one attached hydrogen (secondary N) is 1. The minimum Gasteiger partial charge on any atom is -0.335 e. The van der Waals surface area contributed by atoms with Gasteiger partial charge in [-0.3, -0.25) is 0 Å². The first-order valence-electron chi connectivity index (χ1n) is 7.07. The standard InChI is InChI=1S/C14H19F3N2OS/c15-14(16,17)10-19(8-11-6-7-21-9-11)13(20)18-12-4-2-1-3-5-12/h6-7,9,12H,1-5,8,10H2,(H,18,20). The summed E-state index contributed by atoms with van der Waals surface area (Å²) in [5, 5.41) is 6.30. The van der Waals surface area contributed by atoms with Gasteiger partial charge in [0.15, 0.2) is 0 Å². The van der Waals surface area contributed by atoms with E-state index in [4.69, 9.17) is 0 Å². The number of hydrogen-bond donors (Lipinski definition) is 1. The highest BCUT2D eigenvalue weighted by atomic mass is 32.1. The molecule has 1 saturated carbocycles. The molecule has 1 fully saturated rings. The van der Waals surface area contributed by atoms with Crippen molar-refractivity contribution < 1.29 is 18.0 Å². The maximum atomic E-state index is 12.7. The molecule has 0 aromatic carbocycles. The van der Waals surface area contributed by atoms with Crippen molar-refractivity contribution in [3.8, 4) is 0 Å². The average Bonchev–Trinajstić information content (AvgIpc) is 2.90. The Morgan fingerprint density at radius 2 is 2.05 bits per heavy atom. The summed E-state index contributed by atoms with van der Waals surface area (Å²) in [7, 11) is 0. The maximum Gasteiger partial charge on any atom is 0.406 e. The summed E-state index contributed by atoms with van der Waals surface area (Å²) < 4.78 is 38.0. The van der Waals surface area contributed by atoms with Crippen LogP contribution in [0.4, 0.5) is 18.0 Å². The van der Waals surface area contributed by atoms with Gasteiger partial charge in [0.2, 0.25) is 0 Å². The lowest BCUT2D eigenvalue weighted by molar-refractivity contribution is -0.141. The van der Waals surface area contributed by atoms with Gasteiger partial charge >= 0.3 is 12.2 Å².